The maximum Gasteiger partial charge on any atom is 0.348 e. The quantitative estimate of drug-likeness (QED) is 0.661. The fourth-order valence-corrected chi connectivity index (χ4v) is 2.35. The molecule has 0 bridgehead atoms. The van der Waals surface area contributed by atoms with Crippen molar-refractivity contribution in [2.75, 3.05) is 11.9 Å². The van der Waals surface area contributed by atoms with E-state index in [0.717, 1.165) is 0 Å². The van der Waals surface area contributed by atoms with E-state index in [9.17, 15) is 14.4 Å². The van der Waals surface area contributed by atoms with Crippen LogP contribution < -0.4 is 5.32 Å². The molecule has 1 N–H and O–H groups in total. The van der Waals surface area contributed by atoms with E-state index in [1.165, 1.54) is 11.3 Å². The predicted molar refractivity (Wildman–Crippen MR) is 93.5 cm³/mol. The Labute approximate surface area is 144 Å². The smallest absolute Gasteiger partial charge is 0.348 e. The molecule has 1 aromatic heterocycles. The average molecular weight is 345 g/mol. The summed E-state index contributed by atoms with van der Waals surface area (Å²) < 4.78 is 4.99. The van der Waals surface area contributed by atoms with Gasteiger partial charge in [0.15, 0.2) is 12.4 Å². The van der Waals surface area contributed by atoms with Crippen LogP contribution in [0.1, 0.15) is 40.8 Å². The molecule has 5 nitrogen and oxygen atoms in total. The van der Waals surface area contributed by atoms with Gasteiger partial charge in [0.1, 0.15) is 4.88 Å². The maximum absolute atomic E-state index is 12.1. The number of amides is 1. The molecule has 0 atom stereocenters. The number of hydrogen-bond acceptors (Lipinski definition) is 5. The molecule has 0 fully saturated rings. The molecule has 6 heteroatoms. The molecule has 0 saturated carbocycles. The summed E-state index contributed by atoms with van der Waals surface area (Å²) in [6.45, 7) is 5.15. The number of ketones is 1. The highest BCUT2D eigenvalue weighted by Gasteiger charge is 2.21. The number of benzene rings is 1. The number of hydrogen-bond donors (Lipinski definition) is 1. The van der Waals surface area contributed by atoms with E-state index in [4.69, 9.17) is 4.74 Å². The molecule has 1 heterocycles. The first-order valence-electron chi connectivity index (χ1n) is 7.43. The fraction of sp³-hybridized carbons (Fsp3) is 0.278. The number of nitrogens with one attached hydrogen (secondary N) is 1. The predicted octanol–water partition coefficient (Wildman–Crippen LogP) is 3.77. The number of rotatable bonds is 5. The van der Waals surface area contributed by atoms with Gasteiger partial charge in [-0.25, -0.2) is 4.79 Å². The molecule has 0 aliphatic heterocycles. The van der Waals surface area contributed by atoms with Crippen molar-refractivity contribution in [1.29, 1.82) is 0 Å². The Morgan fingerprint density at radius 2 is 1.75 bits per heavy atom. The second kappa shape index (κ2) is 7.40. The summed E-state index contributed by atoms with van der Waals surface area (Å²) in [7, 11) is 0. The second-order valence-corrected chi connectivity index (χ2v) is 7.21. The maximum atomic E-state index is 12.1. The highest BCUT2D eigenvalue weighted by molar-refractivity contribution is 7.11. The number of esters is 1. The van der Waals surface area contributed by atoms with Crippen LogP contribution in [0.15, 0.2) is 41.8 Å². The van der Waals surface area contributed by atoms with Gasteiger partial charge in [-0.1, -0.05) is 26.8 Å². The van der Waals surface area contributed by atoms with Gasteiger partial charge in [0, 0.05) is 16.7 Å². The van der Waals surface area contributed by atoms with Crippen LogP contribution in [0, 0.1) is 5.41 Å². The van der Waals surface area contributed by atoms with Crippen molar-refractivity contribution in [3.8, 4) is 0 Å². The zero-order valence-electron chi connectivity index (χ0n) is 13.8. The second-order valence-electron chi connectivity index (χ2n) is 6.26. The highest BCUT2D eigenvalue weighted by atomic mass is 32.1. The lowest BCUT2D eigenvalue weighted by atomic mass is 9.95. The summed E-state index contributed by atoms with van der Waals surface area (Å²) in [5.74, 6) is -0.910. The van der Waals surface area contributed by atoms with Gasteiger partial charge in [0.2, 0.25) is 5.91 Å². The third-order valence-corrected chi connectivity index (χ3v) is 4.05. The van der Waals surface area contributed by atoms with Gasteiger partial charge in [-0.3, -0.25) is 9.59 Å². The van der Waals surface area contributed by atoms with E-state index in [2.05, 4.69) is 5.32 Å². The van der Waals surface area contributed by atoms with Gasteiger partial charge in [-0.05, 0) is 35.7 Å². The fourth-order valence-electron chi connectivity index (χ4n) is 1.74. The molecule has 0 radical (unpaired) electrons. The third-order valence-electron chi connectivity index (χ3n) is 3.20. The van der Waals surface area contributed by atoms with Crippen molar-refractivity contribution in [2.24, 2.45) is 5.41 Å². The van der Waals surface area contributed by atoms with Crippen LogP contribution in [0.4, 0.5) is 5.69 Å². The zero-order valence-corrected chi connectivity index (χ0v) is 14.6. The highest BCUT2D eigenvalue weighted by Crippen LogP contribution is 2.18. The zero-order chi connectivity index (χ0) is 17.7. The number of anilines is 1. The number of carbonyl (C=O) groups is 3. The van der Waals surface area contributed by atoms with Crippen molar-refractivity contribution in [1.82, 2.24) is 0 Å². The minimum absolute atomic E-state index is 0.105. The molecule has 2 aromatic rings. The molecule has 0 saturated heterocycles. The van der Waals surface area contributed by atoms with E-state index < -0.39 is 11.4 Å². The van der Waals surface area contributed by atoms with Crippen LogP contribution >= 0.6 is 11.3 Å². The minimum Gasteiger partial charge on any atom is -0.453 e. The summed E-state index contributed by atoms with van der Waals surface area (Å²) in [4.78, 5) is 36.1. The molecule has 0 aliphatic rings. The Bertz CT molecular complexity index is 727. The average Bonchev–Trinajstić information content (AvgIpc) is 3.06. The van der Waals surface area contributed by atoms with Crippen molar-refractivity contribution in [3.63, 3.8) is 0 Å². The van der Waals surface area contributed by atoms with E-state index in [-0.39, 0.29) is 18.3 Å². The number of Topliss-reactive ketones (excluding diaryl/α,β-unsaturated/α-hetero) is 1. The summed E-state index contributed by atoms with van der Waals surface area (Å²) in [6.07, 6.45) is 0. The van der Waals surface area contributed by atoms with Crippen LogP contribution in [-0.2, 0) is 9.53 Å². The Kier molecular flexibility index (Phi) is 5.51. The summed E-state index contributed by atoms with van der Waals surface area (Å²) in [5, 5.41) is 4.55. The summed E-state index contributed by atoms with van der Waals surface area (Å²) in [6, 6.07) is 9.88. The molecule has 24 heavy (non-hydrogen) atoms. The first-order chi connectivity index (χ1) is 11.3. The van der Waals surface area contributed by atoms with E-state index in [1.54, 1.807) is 41.8 Å². The lowest BCUT2D eigenvalue weighted by molar-refractivity contribution is -0.123. The van der Waals surface area contributed by atoms with Gasteiger partial charge < -0.3 is 10.1 Å². The standard InChI is InChI=1S/C18H19NO4S/c1-18(2,3)17(22)19-13-8-6-12(7-9-13)14(20)11-23-16(21)15-5-4-10-24-15/h4-10H,11H2,1-3H3,(H,19,22). The lowest BCUT2D eigenvalue weighted by Gasteiger charge is -2.17. The molecule has 0 spiro atoms. The normalized spacial score (nSPS) is 11.0. The molecule has 1 aromatic carbocycles. The molecular weight excluding hydrogens is 326 g/mol. The van der Waals surface area contributed by atoms with Gasteiger partial charge in [-0.15, -0.1) is 11.3 Å². The number of thiophene rings is 1. The molecule has 2 rings (SSSR count). The van der Waals surface area contributed by atoms with Crippen LogP contribution in [0.2, 0.25) is 0 Å². The molecule has 1 amide bonds. The van der Waals surface area contributed by atoms with Crippen molar-refractivity contribution >= 4 is 34.7 Å². The summed E-state index contributed by atoms with van der Waals surface area (Å²) in [5.41, 5.74) is 0.537. The van der Waals surface area contributed by atoms with E-state index in [0.29, 0.717) is 16.1 Å². The van der Waals surface area contributed by atoms with Gasteiger partial charge in [0.05, 0.1) is 0 Å². The van der Waals surface area contributed by atoms with Crippen LogP contribution in [0.5, 0.6) is 0 Å². The minimum atomic E-state index is -0.507. The first-order valence-corrected chi connectivity index (χ1v) is 8.30. The SMILES string of the molecule is CC(C)(C)C(=O)Nc1ccc(C(=O)COC(=O)c2cccs2)cc1. The lowest BCUT2D eigenvalue weighted by Crippen LogP contribution is -2.27. The Balaban J connectivity index is 1.91. The van der Waals surface area contributed by atoms with Crippen LogP contribution in [0.3, 0.4) is 0 Å². The van der Waals surface area contributed by atoms with Gasteiger partial charge in [0.25, 0.3) is 0 Å². The molecule has 126 valence electrons. The molecular formula is C18H19NO4S. The van der Waals surface area contributed by atoms with E-state index in [1.807, 2.05) is 20.8 Å². The van der Waals surface area contributed by atoms with Crippen molar-refractivity contribution in [2.45, 2.75) is 20.8 Å². The Hall–Kier alpha value is -2.47. The third kappa shape index (κ3) is 4.76. The number of ether oxygens (including phenoxy) is 1. The molecule has 0 unspecified atom stereocenters. The van der Waals surface area contributed by atoms with Crippen LogP contribution in [-0.4, -0.2) is 24.3 Å². The first kappa shape index (κ1) is 17.9. The largest absolute Gasteiger partial charge is 0.453 e. The summed E-state index contributed by atoms with van der Waals surface area (Å²) >= 11 is 1.26. The van der Waals surface area contributed by atoms with Crippen molar-refractivity contribution in [3.05, 3.63) is 52.2 Å². The van der Waals surface area contributed by atoms with Crippen molar-refractivity contribution < 1.29 is 19.1 Å². The van der Waals surface area contributed by atoms with E-state index >= 15 is 0 Å². The Morgan fingerprint density at radius 3 is 2.29 bits per heavy atom. The molecule has 0 aliphatic carbocycles. The van der Waals surface area contributed by atoms with Gasteiger partial charge >= 0.3 is 5.97 Å². The Morgan fingerprint density at radius 1 is 1.08 bits per heavy atom. The topological polar surface area (TPSA) is 72.5 Å². The van der Waals surface area contributed by atoms with Crippen LogP contribution in [0.25, 0.3) is 0 Å². The van der Waals surface area contributed by atoms with Gasteiger partial charge in [-0.2, -0.15) is 0 Å². The number of carbonyl (C=O) groups excluding carboxylic acids is 3. The monoisotopic (exact) mass is 345 g/mol.